The van der Waals surface area contributed by atoms with Crippen LogP contribution in [0.25, 0.3) is 5.57 Å². The van der Waals surface area contributed by atoms with E-state index in [4.69, 9.17) is 11.6 Å². The third kappa shape index (κ3) is 3.99. The van der Waals surface area contributed by atoms with Gasteiger partial charge in [-0.1, -0.05) is 41.6 Å². The van der Waals surface area contributed by atoms with Crippen LogP contribution in [0.5, 0.6) is 0 Å². The van der Waals surface area contributed by atoms with Crippen molar-refractivity contribution in [1.82, 2.24) is 4.90 Å². The number of hydrogen-bond acceptors (Lipinski definition) is 2. The largest absolute Gasteiger partial charge is 0.299 e. The number of allylic oxidation sites excluding steroid dienone is 1. The molecule has 0 unspecified atom stereocenters. The number of hydrogen-bond donors (Lipinski definition) is 0. The Kier molecular flexibility index (Phi) is 5.33. The van der Waals surface area contributed by atoms with Gasteiger partial charge < -0.3 is 0 Å². The van der Waals surface area contributed by atoms with Crippen molar-refractivity contribution in [3.05, 3.63) is 76.1 Å². The predicted octanol–water partition coefficient (Wildman–Crippen LogP) is 4.28. The topological polar surface area (TPSA) is 15.6 Å². The van der Waals surface area contributed by atoms with E-state index in [-0.39, 0.29) is 5.82 Å². The van der Waals surface area contributed by atoms with Crippen molar-refractivity contribution in [2.24, 2.45) is 4.99 Å². The Labute approximate surface area is 152 Å². The van der Waals surface area contributed by atoms with E-state index in [0.717, 1.165) is 16.7 Å². The fourth-order valence-corrected chi connectivity index (χ4v) is 2.84. The second-order valence-corrected chi connectivity index (χ2v) is 6.45. The summed E-state index contributed by atoms with van der Waals surface area (Å²) in [5, 5.41) is 0.588. The van der Waals surface area contributed by atoms with Crippen molar-refractivity contribution in [2.45, 2.75) is 0 Å². The van der Waals surface area contributed by atoms with Crippen molar-refractivity contribution >= 4 is 22.9 Å². The summed E-state index contributed by atoms with van der Waals surface area (Å²) in [4.78, 5) is 6.60. The highest BCUT2D eigenvalue weighted by molar-refractivity contribution is 6.31. The molecule has 2 aromatic rings. The summed E-state index contributed by atoms with van der Waals surface area (Å²) in [5.74, 6) is 6.07. The van der Waals surface area contributed by atoms with Crippen LogP contribution in [0.1, 0.15) is 16.7 Å². The van der Waals surface area contributed by atoms with Crippen molar-refractivity contribution < 1.29 is 4.39 Å². The Morgan fingerprint density at radius 2 is 1.92 bits per heavy atom. The zero-order valence-corrected chi connectivity index (χ0v) is 14.9. The fourth-order valence-electron chi connectivity index (χ4n) is 2.67. The van der Waals surface area contributed by atoms with Gasteiger partial charge in [0.2, 0.25) is 0 Å². The van der Waals surface area contributed by atoms with Crippen LogP contribution in [-0.2, 0) is 0 Å². The van der Waals surface area contributed by atoms with Crippen LogP contribution >= 0.6 is 11.6 Å². The number of nitrogens with zero attached hydrogens (tertiary/aromatic N) is 2. The first-order valence-electron chi connectivity index (χ1n) is 7.99. The summed E-state index contributed by atoms with van der Waals surface area (Å²) in [7, 11) is 3.95. The summed E-state index contributed by atoms with van der Waals surface area (Å²) in [5.41, 5.74) is 3.71. The molecule has 3 rings (SSSR count). The van der Waals surface area contributed by atoms with Crippen molar-refractivity contribution in [3.63, 3.8) is 0 Å². The molecule has 0 fully saturated rings. The molecule has 1 heterocycles. The Hall–Kier alpha value is -2.41. The Bertz CT molecular complexity index is 917. The third-order valence-corrected chi connectivity index (χ3v) is 4.05. The lowest BCUT2D eigenvalue weighted by Crippen LogP contribution is -2.11. The predicted molar refractivity (Wildman–Crippen MR) is 103 cm³/mol. The van der Waals surface area contributed by atoms with Gasteiger partial charge in [-0.15, -0.1) is 0 Å². The molecule has 0 amide bonds. The van der Waals surface area contributed by atoms with Crippen LogP contribution in [0.4, 0.5) is 4.39 Å². The SMILES string of the molecule is CN(C)CC#CC1=CCN=C(c2ccccc2F)c2cc(Cl)ccc21. The second-order valence-electron chi connectivity index (χ2n) is 6.02. The number of aliphatic imine (C=N–C) groups is 1. The summed E-state index contributed by atoms with van der Waals surface area (Å²) < 4.78 is 14.3. The maximum atomic E-state index is 14.3. The average Bonchev–Trinajstić information content (AvgIpc) is 2.74. The quantitative estimate of drug-likeness (QED) is 0.737. The number of halogens is 2. The minimum atomic E-state index is -0.297. The molecule has 0 saturated carbocycles. The lowest BCUT2D eigenvalue weighted by Gasteiger charge is -2.12. The molecule has 0 aliphatic carbocycles. The highest BCUT2D eigenvalue weighted by atomic mass is 35.5. The van der Waals surface area contributed by atoms with Gasteiger partial charge in [-0.05, 0) is 50.0 Å². The molecule has 2 nitrogen and oxygen atoms in total. The summed E-state index contributed by atoms with van der Waals surface area (Å²) in [6.45, 7) is 1.11. The second kappa shape index (κ2) is 7.65. The molecule has 0 bridgehead atoms. The molecule has 4 heteroatoms. The lowest BCUT2D eigenvalue weighted by atomic mass is 9.93. The molecule has 2 aromatic carbocycles. The lowest BCUT2D eigenvalue weighted by molar-refractivity contribution is 0.464. The molecular formula is C21H18ClFN2. The van der Waals surface area contributed by atoms with E-state index in [9.17, 15) is 4.39 Å². The zero-order chi connectivity index (χ0) is 17.8. The Morgan fingerprint density at radius 1 is 1.12 bits per heavy atom. The number of benzene rings is 2. The van der Waals surface area contributed by atoms with E-state index in [1.807, 2.05) is 43.3 Å². The van der Waals surface area contributed by atoms with E-state index < -0.39 is 0 Å². The molecular weight excluding hydrogens is 335 g/mol. The van der Waals surface area contributed by atoms with Gasteiger partial charge in [0.15, 0.2) is 0 Å². The molecule has 0 aromatic heterocycles. The van der Waals surface area contributed by atoms with E-state index >= 15 is 0 Å². The smallest absolute Gasteiger partial charge is 0.132 e. The van der Waals surface area contributed by atoms with E-state index in [1.165, 1.54) is 6.07 Å². The monoisotopic (exact) mass is 352 g/mol. The first kappa shape index (κ1) is 17.4. The van der Waals surface area contributed by atoms with Crippen LogP contribution in [0.15, 0.2) is 53.5 Å². The van der Waals surface area contributed by atoms with Gasteiger partial charge in [0.25, 0.3) is 0 Å². The number of rotatable bonds is 2. The minimum Gasteiger partial charge on any atom is -0.299 e. The average molecular weight is 353 g/mol. The van der Waals surface area contributed by atoms with Crippen LogP contribution < -0.4 is 0 Å². The Morgan fingerprint density at radius 3 is 2.68 bits per heavy atom. The van der Waals surface area contributed by atoms with Gasteiger partial charge in [-0.25, -0.2) is 4.39 Å². The van der Waals surface area contributed by atoms with Crippen molar-refractivity contribution in [2.75, 3.05) is 27.2 Å². The van der Waals surface area contributed by atoms with Gasteiger partial charge in [0.1, 0.15) is 5.82 Å². The fraction of sp³-hybridized carbons (Fsp3) is 0.190. The minimum absolute atomic E-state index is 0.297. The molecule has 0 atom stereocenters. The van der Waals surface area contributed by atoms with Crippen LogP contribution in [0.3, 0.4) is 0 Å². The van der Waals surface area contributed by atoms with Crippen molar-refractivity contribution in [1.29, 1.82) is 0 Å². The molecule has 0 N–H and O–H groups in total. The molecule has 1 aliphatic rings. The van der Waals surface area contributed by atoms with Gasteiger partial charge >= 0.3 is 0 Å². The maximum Gasteiger partial charge on any atom is 0.132 e. The zero-order valence-electron chi connectivity index (χ0n) is 14.2. The first-order valence-corrected chi connectivity index (χ1v) is 8.37. The van der Waals surface area contributed by atoms with Gasteiger partial charge in [0.05, 0.1) is 18.8 Å². The molecule has 1 aliphatic heterocycles. The molecule has 0 radical (unpaired) electrons. The summed E-state index contributed by atoms with van der Waals surface area (Å²) >= 11 is 6.21. The van der Waals surface area contributed by atoms with Gasteiger partial charge in [0, 0.05) is 21.7 Å². The molecule has 0 spiro atoms. The summed E-state index contributed by atoms with van der Waals surface area (Å²) in [6.07, 6.45) is 1.98. The summed E-state index contributed by atoms with van der Waals surface area (Å²) in [6, 6.07) is 12.2. The third-order valence-electron chi connectivity index (χ3n) is 3.82. The van der Waals surface area contributed by atoms with E-state index in [0.29, 0.717) is 29.4 Å². The van der Waals surface area contributed by atoms with E-state index in [1.54, 1.807) is 18.2 Å². The van der Waals surface area contributed by atoms with Gasteiger partial charge in [-0.2, -0.15) is 0 Å². The Balaban J connectivity index is 2.10. The molecule has 25 heavy (non-hydrogen) atoms. The van der Waals surface area contributed by atoms with Crippen LogP contribution in [0, 0.1) is 17.7 Å². The van der Waals surface area contributed by atoms with Gasteiger partial charge in [-0.3, -0.25) is 9.89 Å². The van der Waals surface area contributed by atoms with Crippen LogP contribution in [-0.4, -0.2) is 37.8 Å². The van der Waals surface area contributed by atoms with E-state index in [2.05, 4.69) is 16.8 Å². The molecule has 126 valence electrons. The van der Waals surface area contributed by atoms with Crippen LogP contribution in [0.2, 0.25) is 5.02 Å². The maximum absolute atomic E-state index is 14.3. The normalized spacial score (nSPS) is 13.3. The molecule has 0 saturated heterocycles. The first-order chi connectivity index (χ1) is 12.1. The number of fused-ring (bicyclic) bond motifs is 1. The highest BCUT2D eigenvalue weighted by Crippen LogP contribution is 2.28. The van der Waals surface area contributed by atoms with Crippen molar-refractivity contribution in [3.8, 4) is 11.8 Å². The standard InChI is InChI=1S/C21H18ClFN2/c1-25(2)13-5-6-15-11-12-24-21(18-7-3-4-8-20(18)23)19-14-16(22)9-10-17(15)19/h3-4,7-11,14H,12-13H2,1-2H3. The highest BCUT2D eigenvalue weighted by Gasteiger charge is 2.19.